The molecule has 174 valence electrons. The molecule has 4 unspecified atom stereocenters. The molecule has 0 spiro atoms. The van der Waals surface area contributed by atoms with E-state index in [4.69, 9.17) is 16.7 Å². The Morgan fingerprint density at radius 1 is 1.10 bits per heavy atom. The molecule has 4 atom stereocenters. The van der Waals surface area contributed by atoms with E-state index in [0.717, 1.165) is 68.9 Å². The van der Waals surface area contributed by atoms with Crippen LogP contribution in [0.3, 0.4) is 0 Å². The van der Waals surface area contributed by atoms with Crippen LogP contribution in [0.2, 0.25) is 0 Å². The van der Waals surface area contributed by atoms with Crippen LogP contribution in [0.15, 0.2) is 24.3 Å². The zero-order valence-electron chi connectivity index (χ0n) is 18.9. The molecule has 2 aliphatic carbocycles. The predicted molar refractivity (Wildman–Crippen MR) is 124 cm³/mol. The summed E-state index contributed by atoms with van der Waals surface area (Å²) in [6.45, 7) is 2.18. The second kappa shape index (κ2) is 10.7. The molecular weight excluding hydrogens is 412 g/mol. The van der Waals surface area contributed by atoms with E-state index in [9.17, 15) is 15.0 Å². The summed E-state index contributed by atoms with van der Waals surface area (Å²) in [6.07, 6.45) is 10.8. The third-order valence-electron chi connectivity index (χ3n) is 7.82. The standard InChI is InChI=1S/C26H39ClO4/c1-2-14-25(15-7-16-25)24(31)20-11-9-19(10-12-20)23-21(28)13-18-26(23,27)17-6-4-3-5-8-22(29)30/h9-12,21,23-24,28,31H,2-8,13-18H2,1H3,(H,29,30). The average Bonchev–Trinajstić information content (AvgIpc) is 3.01. The van der Waals surface area contributed by atoms with Crippen molar-refractivity contribution in [2.75, 3.05) is 0 Å². The van der Waals surface area contributed by atoms with Gasteiger partial charge in [0.2, 0.25) is 0 Å². The molecule has 0 amide bonds. The Morgan fingerprint density at radius 2 is 1.77 bits per heavy atom. The summed E-state index contributed by atoms with van der Waals surface area (Å²) in [6, 6.07) is 8.17. The summed E-state index contributed by atoms with van der Waals surface area (Å²) >= 11 is 7.07. The normalized spacial score (nSPS) is 28.3. The van der Waals surface area contributed by atoms with Gasteiger partial charge < -0.3 is 15.3 Å². The third kappa shape index (κ3) is 5.64. The molecule has 0 bridgehead atoms. The van der Waals surface area contributed by atoms with Gasteiger partial charge in [-0.2, -0.15) is 0 Å². The highest BCUT2D eigenvalue weighted by Gasteiger charge is 2.47. The van der Waals surface area contributed by atoms with Crippen molar-refractivity contribution in [1.82, 2.24) is 0 Å². The van der Waals surface area contributed by atoms with Gasteiger partial charge in [0.05, 0.1) is 17.1 Å². The average molecular weight is 451 g/mol. The van der Waals surface area contributed by atoms with Crippen LogP contribution in [0.5, 0.6) is 0 Å². The molecule has 5 heteroatoms. The van der Waals surface area contributed by atoms with Gasteiger partial charge in [0, 0.05) is 17.8 Å². The minimum atomic E-state index is -0.737. The molecule has 0 radical (unpaired) electrons. The smallest absolute Gasteiger partial charge is 0.303 e. The van der Waals surface area contributed by atoms with Crippen molar-refractivity contribution in [2.45, 2.75) is 113 Å². The number of unbranched alkanes of at least 4 members (excludes halogenated alkanes) is 3. The first-order valence-electron chi connectivity index (χ1n) is 12.2. The summed E-state index contributed by atoms with van der Waals surface area (Å²) in [5.41, 5.74) is 2.07. The highest BCUT2D eigenvalue weighted by molar-refractivity contribution is 6.24. The summed E-state index contributed by atoms with van der Waals surface area (Å²) in [4.78, 5) is 10.2. The summed E-state index contributed by atoms with van der Waals surface area (Å²) in [5.74, 6) is -0.841. The van der Waals surface area contributed by atoms with Gasteiger partial charge in [-0.05, 0) is 56.1 Å². The Balaban J connectivity index is 1.62. The van der Waals surface area contributed by atoms with Crippen LogP contribution in [-0.2, 0) is 4.79 Å². The van der Waals surface area contributed by atoms with Gasteiger partial charge in [-0.3, -0.25) is 4.79 Å². The maximum Gasteiger partial charge on any atom is 0.303 e. The summed E-state index contributed by atoms with van der Waals surface area (Å²) < 4.78 is 0. The molecule has 2 fully saturated rings. The fourth-order valence-corrected chi connectivity index (χ4v) is 6.45. The molecule has 1 aromatic rings. The number of aliphatic carboxylic acids is 1. The van der Waals surface area contributed by atoms with Gasteiger partial charge in [-0.25, -0.2) is 0 Å². The van der Waals surface area contributed by atoms with E-state index >= 15 is 0 Å². The molecule has 0 aromatic heterocycles. The van der Waals surface area contributed by atoms with Crippen molar-refractivity contribution in [3.05, 3.63) is 35.4 Å². The van der Waals surface area contributed by atoms with Crippen LogP contribution in [0, 0.1) is 5.41 Å². The lowest BCUT2D eigenvalue weighted by Gasteiger charge is -2.46. The molecule has 3 rings (SSSR count). The maximum absolute atomic E-state index is 11.0. The number of halogens is 1. The van der Waals surface area contributed by atoms with Gasteiger partial charge in [0.15, 0.2) is 0 Å². The molecule has 4 nitrogen and oxygen atoms in total. The Kier molecular flexibility index (Phi) is 8.45. The summed E-state index contributed by atoms with van der Waals surface area (Å²) in [7, 11) is 0. The molecule has 1 aromatic carbocycles. The van der Waals surface area contributed by atoms with E-state index in [1.165, 1.54) is 6.42 Å². The molecule has 31 heavy (non-hydrogen) atoms. The Labute approximate surface area is 192 Å². The number of hydrogen-bond acceptors (Lipinski definition) is 3. The number of rotatable bonds is 12. The first-order chi connectivity index (χ1) is 14.8. The SMILES string of the molecule is CCCC1(C(O)c2ccc(C3C(O)CCC3(Cl)CCCCCCC(=O)O)cc2)CCC1. The largest absolute Gasteiger partial charge is 0.481 e. The van der Waals surface area contributed by atoms with E-state index in [1.807, 2.05) is 12.1 Å². The fraction of sp³-hybridized carbons (Fsp3) is 0.731. The van der Waals surface area contributed by atoms with Crippen molar-refractivity contribution >= 4 is 17.6 Å². The highest BCUT2D eigenvalue weighted by atomic mass is 35.5. The monoisotopic (exact) mass is 450 g/mol. The van der Waals surface area contributed by atoms with Crippen LogP contribution in [0.25, 0.3) is 0 Å². The van der Waals surface area contributed by atoms with Crippen LogP contribution in [0.1, 0.15) is 114 Å². The van der Waals surface area contributed by atoms with Crippen molar-refractivity contribution < 1.29 is 20.1 Å². The van der Waals surface area contributed by atoms with Crippen LogP contribution >= 0.6 is 11.6 Å². The lowest BCUT2D eigenvalue weighted by Crippen LogP contribution is -2.36. The first-order valence-corrected chi connectivity index (χ1v) is 12.6. The van der Waals surface area contributed by atoms with Gasteiger partial charge in [0.1, 0.15) is 0 Å². The Bertz CT molecular complexity index is 715. The van der Waals surface area contributed by atoms with E-state index < -0.39 is 23.1 Å². The molecule has 0 aliphatic heterocycles. The molecule has 0 heterocycles. The topological polar surface area (TPSA) is 77.8 Å². The van der Waals surface area contributed by atoms with E-state index in [1.54, 1.807) is 0 Å². The molecule has 2 aliphatic rings. The van der Waals surface area contributed by atoms with Gasteiger partial charge in [0.25, 0.3) is 0 Å². The zero-order chi connectivity index (χ0) is 22.5. The molecular formula is C26H39ClO4. The van der Waals surface area contributed by atoms with E-state index in [-0.39, 0.29) is 17.8 Å². The van der Waals surface area contributed by atoms with Crippen LogP contribution in [0.4, 0.5) is 0 Å². The number of aliphatic hydroxyl groups excluding tert-OH is 2. The van der Waals surface area contributed by atoms with Gasteiger partial charge >= 0.3 is 5.97 Å². The lowest BCUT2D eigenvalue weighted by molar-refractivity contribution is -0.137. The minimum Gasteiger partial charge on any atom is -0.481 e. The first kappa shape index (κ1) is 24.5. The Hall–Kier alpha value is -1.10. The second-order valence-electron chi connectivity index (χ2n) is 9.96. The van der Waals surface area contributed by atoms with Crippen molar-refractivity contribution in [3.8, 4) is 0 Å². The zero-order valence-corrected chi connectivity index (χ0v) is 19.6. The maximum atomic E-state index is 11.0. The minimum absolute atomic E-state index is 0.0417. The lowest BCUT2D eigenvalue weighted by atomic mass is 9.61. The van der Waals surface area contributed by atoms with Crippen LogP contribution in [-0.4, -0.2) is 32.3 Å². The van der Waals surface area contributed by atoms with E-state index in [2.05, 4.69) is 19.1 Å². The number of benzene rings is 1. The predicted octanol–water partition coefficient (Wildman–Crippen LogP) is 6.33. The highest BCUT2D eigenvalue weighted by Crippen LogP contribution is 2.54. The number of carbonyl (C=O) groups is 1. The van der Waals surface area contributed by atoms with Crippen molar-refractivity contribution in [3.63, 3.8) is 0 Å². The summed E-state index contributed by atoms with van der Waals surface area (Å²) in [5, 5.41) is 30.5. The van der Waals surface area contributed by atoms with Crippen molar-refractivity contribution in [1.29, 1.82) is 0 Å². The quantitative estimate of drug-likeness (QED) is 0.257. The van der Waals surface area contributed by atoms with E-state index in [0.29, 0.717) is 12.8 Å². The number of hydrogen-bond donors (Lipinski definition) is 3. The Morgan fingerprint density at radius 3 is 2.35 bits per heavy atom. The number of carboxylic acids is 1. The molecule has 0 saturated heterocycles. The molecule has 2 saturated carbocycles. The van der Waals surface area contributed by atoms with Gasteiger partial charge in [-0.1, -0.05) is 63.3 Å². The van der Waals surface area contributed by atoms with Gasteiger partial charge in [-0.15, -0.1) is 11.6 Å². The third-order valence-corrected chi connectivity index (χ3v) is 8.43. The number of aliphatic hydroxyl groups is 2. The number of alkyl halides is 1. The number of carboxylic acid groups (broad SMARTS) is 1. The fourth-order valence-electron chi connectivity index (χ4n) is 5.93. The second-order valence-corrected chi connectivity index (χ2v) is 10.7. The van der Waals surface area contributed by atoms with Crippen molar-refractivity contribution in [2.24, 2.45) is 5.41 Å². The molecule has 3 N–H and O–H groups in total. The van der Waals surface area contributed by atoms with Crippen LogP contribution < -0.4 is 0 Å².